The Kier molecular flexibility index (Phi) is 8.23. The highest BCUT2D eigenvalue weighted by Gasteiger charge is 2.33. The van der Waals surface area contributed by atoms with Crippen molar-refractivity contribution in [1.29, 1.82) is 0 Å². The second-order valence-corrected chi connectivity index (χ2v) is 6.93. The topological polar surface area (TPSA) is 58.4 Å². The number of nitrogens with two attached hydrogens (primary N) is 1. The number of benzene rings is 2. The van der Waals surface area contributed by atoms with Gasteiger partial charge in [0.05, 0.1) is 6.54 Å². The third-order valence-corrected chi connectivity index (χ3v) is 5.06. The molecule has 0 aliphatic carbocycles. The fourth-order valence-corrected chi connectivity index (χ4v) is 3.66. The van der Waals surface area contributed by atoms with Crippen molar-refractivity contribution in [3.8, 4) is 0 Å². The quantitative estimate of drug-likeness (QED) is 0.762. The summed E-state index contributed by atoms with van der Waals surface area (Å²) in [4.78, 5) is 14.4. The Hall–Kier alpha value is -1.95. The predicted molar refractivity (Wildman–Crippen MR) is 109 cm³/mol. The lowest BCUT2D eigenvalue weighted by Gasteiger charge is -2.16. The summed E-state index contributed by atoms with van der Waals surface area (Å²) in [6.45, 7) is 3.28. The molecule has 3 rings (SSSR count). The molecule has 1 aliphatic rings. The van der Waals surface area contributed by atoms with E-state index in [4.69, 9.17) is 5.73 Å². The number of carbonyl (C=O) groups excluding carboxylic acids is 1. The fourth-order valence-electron chi connectivity index (χ4n) is 3.66. The number of hydrogen-bond donors (Lipinski definition) is 2. The maximum absolute atomic E-state index is 12.9. The van der Waals surface area contributed by atoms with Crippen molar-refractivity contribution >= 4 is 18.3 Å². The third kappa shape index (κ3) is 6.03. The fraction of sp³-hybridized carbons (Fsp3) is 0.381. The van der Waals surface area contributed by atoms with Crippen LogP contribution in [-0.2, 0) is 11.2 Å². The normalized spacial score (nSPS) is 19.5. The van der Waals surface area contributed by atoms with Crippen molar-refractivity contribution in [2.45, 2.75) is 12.3 Å². The van der Waals surface area contributed by atoms with E-state index < -0.39 is 0 Å². The lowest BCUT2D eigenvalue weighted by molar-refractivity contribution is -0.122. The molecule has 1 heterocycles. The first kappa shape index (κ1) is 21.4. The van der Waals surface area contributed by atoms with Gasteiger partial charge in [-0.15, -0.1) is 12.4 Å². The summed E-state index contributed by atoms with van der Waals surface area (Å²) in [5, 5.41) is 2.95. The van der Waals surface area contributed by atoms with E-state index in [1.165, 1.54) is 17.7 Å². The van der Waals surface area contributed by atoms with Gasteiger partial charge in [0.25, 0.3) is 0 Å². The van der Waals surface area contributed by atoms with E-state index in [9.17, 15) is 9.18 Å². The summed E-state index contributed by atoms with van der Waals surface area (Å²) in [5.41, 5.74) is 8.26. The van der Waals surface area contributed by atoms with E-state index in [2.05, 4.69) is 22.3 Å². The molecule has 2 aromatic rings. The first-order valence-corrected chi connectivity index (χ1v) is 9.14. The summed E-state index contributed by atoms with van der Waals surface area (Å²) >= 11 is 0. The predicted octanol–water partition coefficient (Wildman–Crippen LogP) is 2.58. The van der Waals surface area contributed by atoms with Gasteiger partial charge in [0, 0.05) is 25.6 Å². The van der Waals surface area contributed by atoms with Crippen molar-refractivity contribution in [3.05, 3.63) is 71.5 Å². The lowest BCUT2D eigenvalue weighted by Crippen LogP contribution is -2.37. The molecule has 0 spiro atoms. The summed E-state index contributed by atoms with van der Waals surface area (Å²) < 4.78 is 12.9. The van der Waals surface area contributed by atoms with Crippen LogP contribution in [0.15, 0.2) is 54.6 Å². The standard InChI is InChI=1S/C21H26FN3O.ClH/c22-19-8-6-16(7-9-19)10-11-24-21(26)15-25-13-18(12-23)20(14-25)17-4-2-1-3-5-17;/h1-9,18,20H,10-15,23H2,(H,24,26);1H/t18-,20+;/m1./s1. The molecule has 4 nitrogen and oxygen atoms in total. The van der Waals surface area contributed by atoms with Crippen molar-refractivity contribution in [2.24, 2.45) is 11.7 Å². The number of nitrogens with zero attached hydrogens (tertiary/aromatic N) is 1. The van der Waals surface area contributed by atoms with Gasteiger partial charge < -0.3 is 11.1 Å². The number of rotatable bonds is 7. The summed E-state index contributed by atoms with van der Waals surface area (Å²) in [7, 11) is 0. The van der Waals surface area contributed by atoms with Crippen molar-refractivity contribution in [1.82, 2.24) is 10.2 Å². The summed E-state index contributed by atoms with van der Waals surface area (Å²) in [6.07, 6.45) is 0.698. The van der Waals surface area contributed by atoms with Crippen LogP contribution < -0.4 is 11.1 Å². The molecule has 0 aromatic heterocycles. The Labute approximate surface area is 166 Å². The zero-order chi connectivity index (χ0) is 18.4. The number of hydrogen-bond acceptors (Lipinski definition) is 3. The van der Waals surface area contributed by atoms with Gasteiger partial charge in [0.2, 0.25) is 5.91 Å². The zero-order valence-corrected chi connectivity index (χ0v) is 16.1. The van der Waals surface area contributed by atoms with E-state index in [1.807, 2.05) is 18.2 Å². The molecule has 6 heteroatoms. The van der Waals surface area contributed by atoms with E-state index in [0.717, 1.165) is 18.7 Å². The van der Waals surface area contributed by atoms with Gasteiger partial charge in [0.15, 0.2) is 0 Å². The Morgan fingerprint density at radius 1 is 1.11 bits per heavy atom. The summed E-state index contributed by atoms with van der Waals surface area (Å²) in [6, 6.07) is 16.8. The molecule has 0 bridgehead atoms. The van der Waals surface area contributed by atoms with Gasteiger partial charge in [0.1, 0.15) is 5.82 Å². The van der Waals surface area contributed by atoms with Crippen LogP contribution in [0.1, 0.15) is 17.0 Å². The lowest BCUT2D eigenvalue weighted by atomic mass is 9.89. The number of halogens is 2. The second kappa shape index (κ2) is 10.4. The molecule has 27 heavy (non-hydrogen) atoms. The SMILES string of the molecule is Cl.NC[C@@H]1CN(CC(=O)NCCc2ccc(F)cc2)C[C@H]1c1ccccc1. The van der Waals surface area contributed by atoms with Gasteiger partial charge in [-0.25, -0.2) is 4.39 Å². The third-order valence-electron chi connectivity index (χ3n) is 5.06. The highest BCUT2D eigenvalue weighted by atomic mass is 35.5. The average Bonchev–Trinajstić information content (AvgIpc) is 3.07. The molecule has 0 radical (unpaired) electrons. The number of nitrogens with one attached hydrogen (secondary N) is 1. The van der Waals surface area contributed by atoms with Crippen molar-refractivity contribution in [2.75, 3.05) is 32.7 Å². The molecular formula is C21H27ClFN3O. The van der Waals surface area contributed by atoms with Crippen LogP contribution in [0.5, 0.6) is 0 Å². The molecule has 2 aromatic carbocycles. The van der Waals surface area contributed by atoms with Crippen LogP contribution in [-0.4, -0.2) is 43.5 Å². The van der Waals surface area contributed by atoms with Crippen LogP contribution in [0, 0.1) is 11.7 Å². The molecule has 146 valence electrons. The highest BCUT2D eigenvalue weighted by Crippen LogP contribution is 2.31. The highest BCUT2D eigenvalue weighted by molar-refractivity contribution is 5.85. The monoisotopic (exact) mass is 391 g/mol. The van der Waals surface area contributed by atoms with E-state index in [1.54, 1.807) is 12.1 Å². The van der Waals surface area contributed by atoms with Crippen LogP contribution in [0.25, 0.3) is 0 Å². The van der Waals surface area contributed by atoms with Crippen LogP contribution in [0.3, 0.4) is 0 Å². The molecule has 1 saturated heterocycles. The van der Waals surface area contributed by atoms with Crippen molar-refractivity contribution in [3.63, 3.8) is 0 Å². The minimum absolute atomic E-state index is 0. The minimum atomic E-state index is -0.241. The maximum Gasteiger partial charge on any atom is 0.234 e. The van der Waals surface area contributed by atoms with Gasteiger partial charge in [-0.2, -0.15) is 0 Å². The molecular weight excluding hydrogens is 365 g/mol. The first-order chi connectivity index (χ1) is 12.7. The molecule has 3 N–H and O–H groups in total. The van der Waals surface area contributed by atoms with E-state index in [-0.39, 0.29) is 24.1 Å². The first-order valence-electron chi connectivity index (χ1n) is 9.14. The Bertz CT molecular complexity index is 711. The van der Waals surface area contributed by atoms with Gasteiger partial charge >= 0.3 is 0 Å². The van der Waals surface area contributed by atoms with E-state index >= 15 is 0 Å². The van der Waals surface area contributed by atoms with Gasteiger partial charge in [-0.1, -0.05) is 42.5 Å². The van der Waals surface area contributed by atoms with Crippen LogP contribution >= 0.6 is 12.4 Å². The molecule has 1 amide bonds. The Morgan fingerprint density at radius 2 is 1.81 bits per heavy atom. The van der Waals surface area contributed by atoms with Crippen LogP contribution in [0.4, 0.5) is 4.39 Å². The van der Waals surface area contributed by atoms with E-state index in [0.29, 0.717) is 37.9 Å². The summed E-state index contributed by atoms with van der Waals surface area (Å²) in [5.74, 6) is 0.545. The smallest absolute Gasteiger partial charge is 0.234 e. The van der Waals surface area contributed by atoms with Gasteiger partial charge in [-0.3, -0.25) is 9.69 Å². The molecule has 1 aliphatic heterocycles. The van der Waals surface area contributed by atoms with Crippen LogP contribution in [0.2, 0.25) is 0 Å². The zero-order valence-electron chi connectivity index (χ0n) is 15.3. The van der Waals surface area contributed by atoms with Crippen molar-refractivity contribution < 1.29 is 9.18 Å². The second-order valence-electron chi connectivity index (χ2n) is 6.93. The number of amides is 1. The maximum atomic E-state index is 12.9. The average molecular weight is 392 g/mol. The molecule has 2 atom stereocenters. The molecule has 1 fully saturated rings. The Balaban J connectivity index is 0.00000261. The van der Waals surface area contributed by atoms with Gasteiger partial charge in [-0.05, 0) is 42.1 Å². The largest absolute Gasteiger partial charge is 0.355 e. The minimum Gasteiger partial charge on any atom is -0.355 e. The Morgan fingerprint density at radius 3 is 2.48 bits per heavy atom. The number of likely N-dealkylation sites (tertiary alicyclic amines) is 1. The molecule has 0 saturated carbocycles. The molecule has 0 unspecified atom stereocenters. The number of carbonyl (C=O) groups is 1.